The number of methoxy groups -OCH3 is 3. The van der Waals surface area contributed by atoms with Crippen molar-refractivity contribution < 1.29 is 33.3 Å². The minimum absolute atomic E-state index is 0.164. The zero-order valence-electron chi connectivity index (χ0n) is 14.6. The normalized spacial score (nSPS) is 9.92. The highest BCUT2D eigenvalue weighted by Crippen LogP contribution is 2.29. The monoisotopic (exact) mass is 354 g/mol. The summed E-state index contributed by atoms with van der Waals surface area (Å²) >= 11 is 0. The maximum atomic E-state index is 12.1. The molecule has 1 aromatic rings. The van der Waals surface area contributed by atoms with Gasteiger partial charge < -0.3 is 24.3 Å². The molecule has 0 heterocycles. The molecule has 2 N–H and O–H groups in total. The summed E-state index contributed by atoms with van der Waals surface area (Å²) in [5.41, 5.74) is 0.892. The third-order valence-electron chi connectivity index (χ3n) is 3.17. The standard InChI is InChI=1S/C16H22N2O7/c1-10-12(23-3)7-11(8-13(10)24-4)15(20)25-9-14(19)18-16(21)17-5-6-22-2/h7-8H,5-6,9H2,1-4H3,(H2,17,18,19,21). The highest BCUT2D eigenvalue weighted by atomic mass is 16.5. The third-order valence-corrected chi connectivity index (χ3v) is 3.17. The number of carbonyl (C=O) groups excluding carboxylic acids is 3. The predicted octanol–water partition coefficient (Wildman–Crippen LogP) is 0.641. The van der Waals surface area contributed by atoms with E-state index in [1.165, 1.54) is 33.5 Å². The second-order valence-electron chi connectivity index (χ2n) is 4.88. The molecule has 0 aliphatic rings. The molecule has 0 aliphatic carbocycles. The molecule has 0 aliphatic heterocycles. The van der Waals surface area contributed by atoms with Crippen LogP contribution in [0.3, 0.4) is 0 Å². The first-order valence-electron chi connectivity index (χ1n) is 7.39. The van der Waals surface area contributed by atoms with Gasteiger partial charge >= 0.3 is 12.0 Å². The summed E-state index contributed by atoms with van der Waals surface area (Å²) in [5.74, 6) is -0.595. The number of esters is 1. The first kappa shape index (κ1) is 20.2. The molecule has 0 saturated heterocycles. The first-order valence-corrected chi connectivity index (χ1v) is 7.39. The van der Waals surface area contributed by atoms with Crippen molar-refractivity contribution in [3.63, 3.8) is 0 Å². The van der Waals surface area contributed by atoms with Gasteiger partial charge in [-0.05, 0) is 19.1 Å². The van der Waals surface area contributed by atoms with Gasteiger partial charge in [0.05, 0.1) is 26.4 Å². The molecule has 9 nitrogen and oxygen atoms in total. The van der Waals surface area contributed by atoms with Crippen LogP contribution in [0.5, 0.6) is 11.5 Å². The van der Waals surface area contributed by atoms with E-state index >= 15 is 0 Å². The molecule has 3 amide bonds. The number of nitrogens with one attached hydrogen (secondary N) is 2. The molecule has 0 spiro atoms. The summed E-state index contributed by atoms with van der Waals surface area (Å²) in [5, 5.41) is 4.43. The fourth-order valence-corrected chi connectivity index (χ4v) is 1.89. The molecule has 25 heavy (non-hydrogen) atoms. The van der Waals surface area contributed by atoms with E-state index in [0.29, 0.717) is 18.1 Å². The van der Waals surface area contributed by atoms with E-state index < -0.39 is 24.5 Å². The topological polar surface area (TPSA) is 112 Å². The van der Waals surface area contributed by atoms with Gasteiger partial charge in [0.15, 0.2) is 6.61 Å². The molecule has 0 saturated carbocycles. The van der Waals surface area contributed by atoms with Crippen molar-refractivity contribution >= 4 is 17.9 Å². The fraction of sp³-hybridized carbons (Fsp3) is 0.438. The lowest BCUT2D eigenvalue weighted by atomic mass is 10.1. The van der Waals surface area contributed by atoms with Crippen molar-refractivity contribution in [1.82, 2.24) is 10.6 Å². The number of amides is 3. The van der Waals surface area contributed by atoms with Gasteiger partial charge in [-0.1, -0.05) is 0 Å². The average Bonchev–Trinajstić information content (AvgIpc) is 2.60. The zero-order chi connectivity index (χ0) is 18.8. The minimum Gasteiger partial charge on any atom is -0.496 e. The highest BCUT2D eigenvalue weighted by molar-refractivity contribution is 5.97. The third kappa shape index (κ3) is 6.30. The Morgan fingerprint density at radius 2 is 1.64 bits per heavy atom. The first-order chi connectivity index (χ1) is 11.9. The lowest BCUT2D eigenvalue weighted by molar-refractivity contribution is -0.123. The second-order valence-corrected chi connectivity index (χ2v) is 4.88. The van der Waals surface area contributed by atoms with Gasteiger partial charge in [0.2, 0.25) is 0 Å². The van der Waals surface area contributed by atoms with Crippen LogP contribution >= 0.6 is 0 Å². The van der Waals surface area contributed by atoms with E-state index in [1.807, 2.05) is 5.32 Å². The van der Waals surface area contributed by atoms with E-state index in [9.17, 15) is 14.4 Å². The predicted molar refractivity (Wildman–Crippen MR) is 88.0 cm³/mol. The van der Waals surface area contributed by atoms with Gasteiger partial charge in [0, 0.05) is 19.2 Å². The van der Waals surface area contributed by atoms with E-state index in [2.05, 4.69) is 5.32 Å². The zero-order valence-corrected chi connectivity index (χ0v) is 14.6. The van der Waals surface area contributed by atoms with E-state index in [0.717, 1.165) is 5.56 Å². The Morgan fingerprint density at radius 1 is 1.04 bits per heavy atom. The molecular formula is C16H22N2O7. The van der Waals surface area contributed by atoms with Crippen LogP contribution in [-0.4, -0.2) is 59.0 Å². The number of benzene rings is 1. The average molecular weight is 354 g/mol. The maximum Gasteiger partial charge on any atom is 0.338 e. The Hall–Kier alpha value is -2.81. The van der Waals surface area contributed by atoms with Crippen molar-refractivity contribution in [1.29, 1.82) is 0 Å². The summed E-state index contributed by atoms with van der Waals surface area (Å²) < 4.78 is 20.0. The lowest BCUT2D eigenvalue weighted by Gasteiger charge is -2.12. The van der Waals surface area contributed by atoms with Crippen LogP contribution in [0.25, 0.3) is 0 Å². The van der Waals surface area contributed by atoms with E-state index in [4.69, 9.17) is 18.9 Å². The van der Waals surface area contributed by atoms with Crippen molar-refractivity contribution in [2.45, 2.75) is 6.92 Å². The van der Waals surface area contributed by atoms with Crippen molar-refractivity contribution in [2.75, 3.05) is 41.1 Å². The summed E-state index contributed by atoms with van der Waals surface area (Å²) in [6.07, 6.45) is 0. The Morgan fingerprint density at radius 3 is 2.16 bits per heavy atom. The van der Waals surface area contributed by atoms with Crippen molar-refractivity contribution in [2.24, 2.45) is 0 Å². The highest BCUT2D eigenvalue weighted by Gasteiger charge is 2.16. The van der Waals surface area contributed by atoms with Gasteiger partial charge in [-0.2, -0.15) is 0 Å². The van der Waals surface area contributed by atoms with Crippen molar-refractivity contribution in [3.8, 4) is 11.5 Å². The number of rotatable bonds is 8. The summed E-state index contributed by atoms with van der Waals surface area (Å²) in [6.45, 7) is 1.74. The SMILES string of the molecule is COCCNC(=O)NC(=O)COC(=O)c1cc(OC)c(C)c(OC)c1. The van der Waals surface area contributed by atoms with Gasteiger partial charge in [-0.25, -0.2) is 9.59 Å². The van der Waals surface area contributed by atoms with Gasteiger partial charge in [0.1, 0.15) is 11.5 Å². The van der Waals surface area contributed by atoms with Gasteiger partial charge in [-0.3, -0.25) is 10.1 Å². The van der Waals surface area contributed by atoms with Crippen LogP contribution in [-0.2, 0) is 14.3 Å². The van der Waals surface area contributed by atoms with Crippen LogP contribution in [0.4, 0.5) is 4.79 Å². The Bertz CT molecular complexity index is 606. The van der Waals surface area contributed by atoms with E-state index in [-0.39, 0.29) is 12.1 Å². The van der Waals surface area contributed by atoms with Gasteiger partial charge in [0.25, 0.3) is 5.91 Å². The molecule has 0 bridgehead atoms. The molecule has 0 atom stereocenters. The largest absolute Gasteiger partial charge is 0.496 e. The molecule has 1 aromatic carbocycles. The molecule has 0 fully saturated rings. The van der Waals surface area contributed by atoms with Gasteiger partial charge in [-0.15, -0.1) is 0 Å². The lowest BCUT2D eigenvalue weighted by Crippen LogP contribution is -2.42. The number of carbonyl (C=O) groups is 3. The summed E-state index contributed by atoms with van der Waals surface area (Å²) in [7, 11) is 4.41. The summed E-state index contributed by atoms with van der Waals surface area (Å²) in [6, 6.07) is 2.27. The van der Waals surface area contributed by atoms with Crippen LogP contribution in [0.2, 0.25) is 0 Å². The number of imide groups is 1. The number of hydrogen-bond acceptors (Lipinski definition) is 7. The van der Waals surface area contributed by atoms with Crippen LogP contribution < -0.4 is 20.1 Å². The minimum atomic E-state index is -0.755. The second kappa shape index (κ2) is 10.1. The van der Waals surface area contributed by atoms with Crippen LogP contribution in [0.15, 0.2) is 12.1 Å². The molecule has 0 radical (unpaired) electrons. The maximum absolute atomic E-state index is 12.1. The molecule has 138 valence electrons. The number of ether oxygens (including phenoxy) is 4. The smallest absolute Gasteiger partial charge is 0.338 e. The van der Waals surface area contributed by atoms with E-state index in [1.54, 1.807) is 6.92 Å². The number of urea groups is 1. The van der Waals surface area contributed by atoms with Crippen LogP contribution in [0, 0.1) is 6.92 Å². The molecule has 9 heteroatoms. The molecular weight excluding hydrogens is 332 g/mol. The Balaban J connectivity index is 2.59. The van der Waals surface area contributed by atoms with Crippen molar-refractivity contribution in [3.05, 3.63) is 23.3 Å². The number of hydrogen-bond donors (Lipinski definition) is 2. The fourth-order valence-electron chi connectivity index (χ4n) is 1.89. The molecule has 1 rings (SSSR count). The van der Waals surface area contributed by atoms with Crippen LogP contribution in [0.1, 0.15) is 15.9 Å². The Kier molecular flexibility index (Phi) is 8.21. The molecule has 0 unspecified atom stereocenters. The molecule has 0 aromatic heterocycles. The Labute approximate surface area is 145 Å². The quantitative estimate of drug-likeness (QED) is 0.520. The summed E-state index contributed by atoms with van der Waals surface area (Å²) in [4.78, 5) is 35.0.